The van der Waals surface area contributed by atoms with Gasteiger partial charge in [0.1, 0.15) is 11.5 Å². The van der Waals surface area contributed by atoms with E-state index in [-0.39, 0.29) is 36.4 Å². The number of rotatable bonds is 8. The van der Waals surface area contributed by atoms with Gasteiger partial charge >= 0.3 is 5.69 Å². The van der Waals surface area contributed by atoms with Crippen LogP contribution in [-0.4, -0.2) is 59.0 Å². The van der Waals surface area contributed by atoms with Crippen molar-refractivity contribution in [2.45, 2.75) is 52.6 Å². The summed E-state index contributed by atoms with van der Waals surface area (Å²) >= 11 is 0. The zero-order valence-corrected chi connectivity index (χ0v) is 17.6. The Kier molecular flexibility index (Phi) is 7.83. The zero-order chi connectivity index (χ0) is 21.6. The van der Waals surface area contributed by atoms with E-state index in [1.54, 1.807) is 0 Å². The van der Waals surface area contributed by atoms with Crippen molar-refractivity contribution in [2.75, 3.05) is 37.8 Å². The SMILES string of the molecule is CCCCn1c(N)c(N(C)CC(=O)N(C)CC(=O)NC(C)(C)C)c(=O)[nH]c1=O. The fraction of sp³-hybridized carbons (Fsp3) is 0.667. The van der Waals surface area contributed by atoms with Gasteiger partial charge in [-0.25, -0.2) is 4.79 Å². The van der Waals surface area contributed by atoms with Gasteiger partial charge in [0.25, 0.3) is 5.56 Å². The molecule has 28 heavy (non-hydrogen) atoms. The topological polar surface area (TPSA) is 134 Å². The molecule has 0 saturated heterocycles. The van der Waals surface area contributed by atoms with Gasteiger partial charge in [-0.15, -0.1) is 0 Å². The van der Waals surface area contributed by atoms with Gasteiger partial charge in [-0.2, -0.15) is 0 Å². The number of carbonyl (C=O) groups excluding carboxylic acids is 2. The van der Waals surface area contributed by atoms with Crippen LogP contribution in [-0.2, 0) is 16.1 Å². The maximum atomic E-state index is 12.5. The molecule has 158 valence electrons. The lowest BCUT2D eigenvalue weighted by Crippen LogP contribution is -2.48. The Bertz CT molecular complexity index is 821. The summed E-state index contributed by atoms with van der Waals surface area (Å²) in [4.78, 5) is 53.6. The number of nitrogens with zero attached hydrogens (tertiary/aromatic N) is 3. The minimum absolute atomic E-state index is 0.0191. The summed E-state index contributed by atoms with van der Waals surface area (Å²) in [6, 6.07) is 0. The van der Waals surface area contributed by atoms with Crippen molar-refractivity contribution in [1.29, 1.82) is 0 Å². The number of aromatic nitrogens is 2. The van der Waals surface area contributed by atoms with Crippen LogP contribution >= 0.6 is 0 Å². The monoisotopic (exact) mass is 396 g/mol. The summed E-state index contributed by atoms with van der Waals surface area (Å²) in [6.07, 6.45) is 1.58. The molecule has 0 saturated carbocycles. The minimum atomic E-state index is -0.654. The number of aromatic amines is 1. The molecule has 1 heterocycles. The number of nitrogen functional groups attached to an aromatic ring is 1. The van der Waals surface area contributed by atoms with Crippen LogP contribution in [0.3, 0.4) is 0 Å². The molecule has 10 nitrogen and oxygen atoms in total. The second-order valence-electron chi connectivity index (χ2n) is 7.90. The summed E-state index contributed by atoms with van der Waals surface area (Å²) in [5.41, 5.74) is 4.47. The quantitative estimate of drug-likeness (QED) is 0.554. The van der Waals surface area contributed by atoms with E-state index in [2.05, 4.69) is 10.3 Å². The van der Waals surface area contributed by atoms with Gasteiger partial charge in [0, 0.05) is 26.2 Å². The fourth-order valence-electron chi connectivity index (χ4n) is 2.65. The maximum Gasteiger partial charge on any atom is 0.330 e. The molecule has 0 atom stereocenters. The molecule has 10 heteroatoms. The normalized spacial score (nSPS) is 11.2. The summed E-state index contributed by atoms with van der Waals surface area (Å²) in [7, 11) is 3.05. The van der Waals surface area contributed by atoms with Crippen molar-refractivity contribution in [3.05, 3.63) is 20.8 Å². The molecule has 0 unspecified atom stereocenters. The zero-order valence-electron chi connectivity index (χ0n) is 17.6. The molecule has 0 aromatic carbocycles. The van der Waals surface area contributed by atoms with Crippen LogP contribution < -0.4 is 27.2 Å². The van der Waals surface area contributed by atoms with Gasteiger partial charge in [-0.3, -0.25) is 23.9 Å². The highest BCUT2D eigenvalue weighted by atomic mass is 16.2. The number of anilines is 2. The Morgan fingerprint density at radius 2 is 1.79 bits per heavy atom. The van der Waals surface area contributed by atoms with Gasteiger partial charge < -0.3 is 20.9 Å². The van der Waals surface area contributed by atoms with Crippen molar-refractivity contribution in [3.8, 4) is 0 Å². The van der Waals surface area contributed by atoms with E-state index in [0.717, 1.165) is 12.8 Å². The predicted octanol–water partition coefficient (Wildman–Crippen LogP) is -0.272. The van der Waals surface area contributed by atoms with Crippen molar-refractivity contribution in [2.24, 2.45) is 0 Å². The number of amides is 2. The first-order chi connectivity index (χ1) is 12.9. The number of hydrogen-bond donors (Lipinski definition) is 3. The van der Waals surface area contributed by atoms with Gasteiger partial charge in [0.15, 0.2) is 0 Å². The molecule has 1 aromatic heterocycles. The summed E-state index contributed by atoms with van der Waals surface area (Å²) in [5.74, 6) is -0.626. The first-order valence-corrected chi connectivity index (χ1v) is 9.26. The van der Waals surface area contributed by atoms with Crippen LogP contribution in [0, 0.1) is 0 Å². The third kappa shape index (κ3) is 6.43. The van der Waals surface area contributed by atoms with Crippen LogP contribution in [0.5, 0.6) is 0 Å². The number of likely N-dealkylation sites (N-methyl/N-ethyl adjacent to an activating group) is 2. The van der Waals surface area contributed by atoms with Crippen LogP contribution in [0.1, 0.15) is 40.5 Å². The van der Waals surface area contributed by atoms with Gasteiger partial charge in [0.2, 0.25) is 11.8 Å². The molecule has 0 bridgehead atoms. The Labute approximate surface area is 164 Å². The Balaban J connectivity index is 2.93. The molecule has 0 fully saturated rings. The van der Waals surface area contributed by atoms with E-state index in [1.165, 1.54) is 28.5 Å². The average Bonchev–Trinajstić information content (AvgIpc) is 2.52. The number of hydrogen-bond acceptors (Lipinski definition) is 6. The van der Waals surface area contributed by atoms with Crippen LogP contribution in [0.4, 0.5) is 11.5 Å². The van der Waals surface area contributed by atoms with E-state index in [4.69, 9.17) is 5.73 Å². The summed E-state index contributed by atoms with van der Waals surface area (Å²) in [5, 5.41) is 2.78. The molecule has 2 amide bonds. The lowest BCUT2D eigenvalue weighted by Gasteiger charge is -2.26. The standard InChI is InChI=1S/C18H32N6O4/c1-7-8-9-24-15(19)14(16(27)20-17(24)28)23(6)11-13(26)22(5)10-12(25)21-18(2,3)4/h7-11,19H2,1-6H3,(H,21,25)(H,20,27,28). The number of carbonyl (C=O) groups is 2. The van der Waals surface area contributed by atoms with E-state index >= 15 is 0 Å². The van der Waals surface area contributed by atoms with E-state index in [0.29, 0.717) is 6.54 Å². The minimum Gasteiger partial charge on any atom is -0.383 e. The molecule has 0 aliphatic heterocycles. The van der Waals surface area contributed by atoms with Crippen molar-refractivity contribution in [1.82, 2.24) is 19.8 Å². The van der Waals surface area contributed by atoms with Crippen LogP contribution in [0.2, 0.25) is 0 Å². The smallest absolute Gasteiger partial charge is 0.330 e. The van der Waals surface area contributed by atoms with Gasteiger partial charge in [-0.1, -0.05) is 13.3 Å². The number of nitrogens with two attached hydrogens (primary N) is 1. The molecule has 1 rings (SSSR count). The van der Waals surface area contributed by atoms with E-state index in [9.17, 15) is 19.2 Å². The first-order valence-electron chi connectivity index (χ1n) is 9.26. The number of H-pyrrole nitrogens is 1. The molecule has 0 aliphatic rings. The van der Waals surface area contributed by atoms with Crippen molar-refractivity contribution in [3.63, 3.8) is 0 Å². The largest absolute Gasteiger partial charge is 0.383 e. The molecular formula is C18H32N6O4. The Hall–Kier alpha value is -2.78. The Morgan fingerprint density at radius 3 is 2.32 bits per heavy atom. The summed E-state index contributed by atoms with van der Waals surface area (Å²) < 4.78 is 1.29. The molecule has 1 aromatic rings. The third-order valence-corrected chi connectivity index (χ3v) is 4.02. The third-order valence-electron chi connectivity index (χ3n) is 4.02. The van der Waals surface area contributed by atoms with Gasteiger partial charge in [0.05, 0.1) is 13.1 Å². The van der Waals surface area contributed by atoms with Crippen LogP contribution in [0.15, 0.2) is 9.59 Å². The number of nitrogens with one attached hydrogen (secondary N) is 2. The van der Waals surface area contributed by atoms with Crippen molar-refractivity contribution >= 4 is 23.3 Å². The molecule has 4 N–H and O–H groups in total. The number of unbranched alkanes of at least 4 members (excludes halogenated alkanes) is 1. The highest BCUT2D eigenvalue weighted by molar-refractivity contribution is 5.87. The molecule has 0 aliphatic carbocycles. The van der Waals surface area contributed by atoms with E-state index in [1.807, 2.05) is 27.7 Å². The maximum absolute atomic E-state index is 12.5. The fourth-order valence-corrected chi connectivity index (χ4v) is 2.65. The molecular weight excluding hydrogens is 364 g/mol. The second kappa shape index (κ2) is 9.43. The summed E-state index contributed by atoms with van der Waals surface area (Å²) in [6.45, 7) is 7.63. The van der Waals surface area contributed by atoms with Crippen molar-refractivity contribution < 1.29 is 9.59 Å². The van der Waals surface area contributed by atoms with Gasteiger partial charge in [-0.05, 0) is 27.2 Å². The predicted molar refractivity (Wildman–Crippen MR) is 109 cm³/mol. The van der Waals surface area contributed by atoms with E-state index < -0.39 is 16.8 Å². The Morgan fingerprint density at radius 1 is 1.18 bits per heavy atom. The first kappa shape index (κ1) is 23.3. The average molecular weight is 396 g/mol. The molecule has 0 radical (unpaired) electrons. The van der Waals surface area contributed by atoms with Crippen LogP contribution in [0.25, 0.3) is 0 Å². The highest BCUT2D eigenvalue weighted by Gasteiger charge is 2.22. The second-order valence-corrected chi connectivity index (χ2v) is 7.90. The lowest BCUT2D eigenvalue weighted by molar-refractivity contribution is -0.134. The lowest BCUT2D eigenvalue weighted by atomic mass is 10.1. The highest BCUT2D eigenvalue weighted by Crippen LogP contribution is 2.15. The molecule has 0 spiro atoms.